The van der Waals surface area contributed by atoms with E-state index in [4.69, 9.17) is 11.6 Å². The molecule has 2 heteroatoms. The van der Waals surface area contributed by atoms with Gasteiger partial charge in [0.25, 0.3) is 0 Å². The molecule has 0 bridgehead atoms. The number of hydrogen-bond acceptors (Lipinski definition) is 1. The smallest absolute Gasteiger partial charge is 0.0409 e. The van der Waals surface area contributed by atoms with Gasteiger partial charge in [-0.2, -0.15) is 0 Å². The maximum Gasteiger partial charge on any atom is 0.0409 e. The first kappa shape index (κ1) is 10.2. The molecule has 0 aliphatic carbocycles. The second kappa shape index (κ2) is 4.15. The predicted octanol–water partition coefficient (Wildman–Crippen LogP) is 4.58. The van der Waals surface area contributed by atoms with Gasteiger partial charge in [-0.15, -0.1) is 11.8 Å². The first-order valence-corrected chi connectivity index (χ1v) is 6.68. The van der Waals surface area contributed by atoms with Crippen LogP contribution in [-0.4, -0.2) is 5.75 Å². The van der Waals surface area contributed by atoms with Crippen LogP contribution in [0.1, 0.15) is 17.0 Å². The Balaban J connectivity index is 2.06. The summed E-state index contributed by atoms with van der Waals surface area (Å²) in [5.74, 6) is 1.62. The molecule has 0 aromatic heterocycles. The Kier molecular flexibility index (Phi) is 2.66. The monoisotopic (exact) mass is 246 g/mol. The van der Waals surface area contributed by atoms with Crippen molar-refractivity contribution >= 4 is 23.4 Å². The zero-order valence-electron chi connectivity index (χ0n) is 8.69. The normalized spacial score (nSPS) is 18.4. The van der Waals surface area contributed by atoms with Gasteiger partial charge in [0, 0.05) is 21.6 Å². The average molecular weight is 247 g/mol. The van der Waals surface area contributed by atoms with E-state index in [-0.39, 0.29) is 0 Å². The molecular weight excluding hydrogens is 236 g/mol. The van der Waals surface area contributed by atoms with Gasteiger partial charge in [0.15, 0.2) is 0 Å². The molecule has 0 nitrogen and oxygen atoms in total. The van der Waals surface area contributed by atoms with Crippen LogP contribution in [0.2, 0.25) is 5.02 Å². The van der Waals surface area contributed by atoms with Crippen LogP contribution in [0.3, 0.4) is 0 Å². The molecule has 16 heavy (non-hydrogen) atoms. The molecule has 1 unspecified atom stereocenters. The van der Waals surface area contributed by atoms with Crippen molar-refractivity contribution in [3.63, 3.8) is 0 Å². The molecule has 0 spiro atoms. The van der Waals surface area contributed by atoms with Crippen molar-refractivity contribution in [2.75, 3.05) is 5.75 Å². The summed E-state index contributed by atoms with van der Waals surface area (Å²) < 4.78 is 0. The highest BCUT2D eigenvalue weighted by Crippen LogP contribution is 2.43. The lowest BCUT2D eigenvalue weighted by atomic mass is 9.93. The Hall–Kier alpha value is -0.920. The summed E-state index contributed by atoms with van der Waals surface area (Å²) in [7, 11) is 0. The summed E-state index contributed by atoms with van der Waals surface area (Å²) in [6, 6.07) is 16.9. The van der Waals surface area contributed by atoms with Gasteiger partial charge in [-0.1, -0.05) is 41.9 Å². The van der Waals surface area contributed by atoms with E-state index in [1.54, 1.807) is 0 Å². The zero-order chi connectivity index (χ0) is 11.0. The average Bonchev–Trinajstić information content (AvgIpc) is 2.73. The third-order valence-electron chi connectivity index (χ3n) is 2.95. The lowest BCUT2D eigenvalue weighted by Crippen LogP contribution is -1.98. The summed E-state index contributed by atoms with van der Waals surface area (Å²) in [5.41, 5.74) is 2.76. The molecule has 0 saturated carbocycles. The fourth-order valence-corrected chi connectivity index (χ4v) is 3.58. The van der Waals surface area contributed by atoms with E-state index in [9.17, 15) is 0 Å². The van der Waals surface area contributed by atoms with Crippen LogP contribution >= 0.6 is 23.4 Å². The molecule has 0 N–H and O–H groups in total. The predicted molar refractivity (Wildman–Crippen MR) is 70.5 cm³/mol. The van der Waals surface area contributed by atoms with Crippen LogP contribution in [0.4, 0.5) is 0 Å². The van der Waals surface area contributed by atoms with Crippen LogP contribution in [0.25, 0.3) is 0 Å². The molecule has 80 valence electrons. The highest BCUT2D eigenvalue weighted by Gasteiger charge is 2.24. The van der Waals surface area contributed by atoms with Crippen molar-refractivity contribution in [1.82, 2.24) is 0 Å². The van der Waals surface area contributed by atoms with Crippen LogP contribution in [0.15, 0.2) is 53.4 Å². The van der Waals surface area contributed by atoms with Gasteiger partial charge < -0.3 is 0 Å². The maximum atomic E-state index is 6.07. The third kappa shape index (κ3) is 1.74. The molecule has 0 fully saturated rings. The number of halogens is 1. The van der Waals surface area contributed by atoms with E-state index in [2.05, 4.69) is 42.5 Å². The lowest BCUT2D eigenvalue weighted by molar-refractivity contribution is 0.938. The summed E-state index contributed by atoms with van der Waals surface area (Å²) >= 11 is 7.99. The number of thioether (sulfide) groups is 1. The third-order valence-corrected chi connectivity index (χ3v) is 4.37. The van der Waals surface area contributed by atoms with E-state index in [1.807, 2.05) is 17.8 Å². The van der Waals surface area contributed by atoms with Gasteiger partial charge >= 0.3 is 0 Å². The topological polar surface area (TPSA) is 0 Å². The molecule has 0 saturated heterocycles. The van der Waals surface area contributed by atoms with E-state index >= 15 is 0 Å². The van der Waals surface area contributed by atoms with Crippen LogP contribution in [-0.2, 0) is 0 Å². The largest absolute Gasteiger partial charge is 0.125 e. The highest BCUT2D eigenvalue weighted by molar-refractivity contribution is 7.99. The van der Waals surface area contributed by atoms with Gasteiger partial charge in [0.2, 0.25) is 0 Å². The number of fused-ring (bicyclic) bond motifs is 1. The Labute approximate surface area is 105 Å². The molecule has 1 aliphatic rings. The van der Waals surface area contributed by atoms with Crippen molar-refractivity contribution < 1.29 is 0 Å². The van der Waals surface area contributed by atoms with E-state index < -0.39 is 0 Å². The van der Waals surface area contributed by atoms with Crippen molar-refractivity contribution in [3.05, 3.63) is 64.7 Å². The fraction of sp³-hybridized carbons (Fsp3) is 0.143. The molecule has 2 aromatic carbocycles. The first-order chi connectivity index (χ1) is 7.84. The van der Waals surface area contributed by atoms with Gasteiger partial charge in [0.05, 0.1) is 0 Å². The molecule has 1 atom stereocenters. The molecule has 1 aliphatic heterocycles. The number of rotatable bonds is 1. The van der Waals surface area contributed by atoms with E-state index in [0.29, 0.717) is 5.92 Å². The van der Waals surface area contributed by atoms with Crippen molar-refractivity contribution in [3.8, 4) is 0 Å². The number of benzene rings is 2. The molecule has 1 heterocycles. The minimum Gasteiger partial charge on any atom is -0.125 e. The molecule has 0 amide bonds. The maximum absolute atomic E-state index is 6.07. The molecule has 0 radical (unpaired) electrons. The Bertz CT molecular complexity index is 507. The fourth-order valence-electron chi connectivity index (χ4n) is 2.15. The van der Waals surface area contributed by atoms with Gasteiger partial charge in [-0.05, 0) is 29.3 Å². The standard InChI is InChI=1S/C14H11ClS/c15-11-6-7-14-12(8-11)13(9-16-14)10-4-2-1-3-5-10/h1-8,13H,9H2. The van der Waals surface area contributed by atoms with Gasteiger partial charge in [-0.25, -0.2) is 0 Å². The first-order valence-electron chi connectivity index (χ1n) is 5.32. The van der Waals surface area contributed by atoms with Crippen LogP contribution in [0.5, 0.6) is 0 Å². The highest BCUT2D eigenvalue weighted by atomic mass is 35.5. The SMILES string of the molecule is Clc1ccc2c(c1)C(c1ccccc1)CS2. The zero-order valence-corrected chi connectivity index (χ0v) is 10.3. The second-order valence-electron chi connectivity index (χ2n) is 3.96. The quantitative estimate of drug-likeness (QED) is 0.710. The Morgan fingerprint density at radius 1 is 1.06 bits per heavy atom. The van der Waals surface area contributed by atoms with Crippen LogP contribution in [0, 0.1) is 0 Å². The summed E-state index contributed by atoms with van der Waals surface area (Å²) in [5, 5.41) is 0.835. The Morgan fingerprint density at radius 2 is 1.88 bits per heavy atom. The second-order valence-corrected chi connectivity index (χ2v) is 5.45. The van der Waals surface area contributed by atoms with E-state index in [0.717, 1.165) is 10.8 Å². The van der Waals surface area contributed by atoms with Crippen molar-refractivity contribution in [2.45, 2.75) is 10.8 Å². The van der Waals surface area contributed by atoms with Gasteiger partial charge in [0.1, 0.15) is 0 Å². The van der Waals surface area contributed by atoms with E-state index in [1.165, 1.54) is 16.0 Å². The number of hydrogen-bond donors (Lipinski definition) is 0. The van der Waals surface area contributed by atoms with Crippen molar-refractivity contribution in [2.24, 2.45) is 0 Å². The summed E-state index contributed by atoms with van der Waals surface area (Å²) in [6.45, 7) is 0. The Morgan fingerprint density at radius 3 is 2.69 bits per heavy atom. The molecule has 2 aromatic rings. The minimum absolute atomic E-state index is 0.500. The molecular formula is C14H11ClS. The summed E-state index contributed by atoms with van der Waals surface area (Å²) in [6.07, 6.45) is 0. The van der Waals surface area contributed by atoms with Gasteiger partial charge in [-0.3, -0.25) is 0 Å². The summed E-state index contributed by atoms with van der Waals surface area (Å²) in [4.78, 5) is 1.37. The van der Waals surface area contributed by atoms with Crippen molar-refractivity contribution in [1.29, 1.82) is 0 Å². The van der Waals surface area contributed by atoms with Crippen LogP contribution < -0.4 is 0 Å². The molecule has 3 rings (SSSR count). The lowest BCUT2D eigenvalue weighted by Gasteiger charge is -2.11. The minimum atomic E-state index is 0.500.